The summed E-state index contributed by atoms with van der Waals surface area (Å²) in [6, 6.07) is 5.57. The Bertz CT molecular complexity index is 411. The van der Waals surface area contributed by atoms with Crippen molar-refractivity contribution in [1.29, 1.82) is 0 Å². The fourth-order valence-corrected chi connectivity index (χ4v) is 1.30. The van der Waals surface area contributed by atoms with Crippen molar-refractivity contribution in [2.24, 2.45) is 0 Å². The molecular weight excluding hydrogens is 233 g/mol. The van der Waals surface area contributed by atoms with Crippen LogP contribution in [0.4, 0.5) is 13.2 Å². The van der Waals surface area contributed by atoms with Crippen LogP contribution in [0.2, 0.25) is 0 Å². The third-order valence-electron chi connectivity index (χ3n) is 2.43. The number of rotatable bonds is 3. The Kier molecular flexibility index (Phi) is 4.15. The van der Waals surface area contributed by atoms with E-state index in [-0.39, 0.29) is 13.0 Å². The predicted octanol–water partition coefficient (Wildman–Crippen LogP) is 2.95. The van der Waals surface area contributed by atoms with Gasteiger partial charge in [0.15, 0.2) is 0 Å². The fraction of sp³-hybridized carbons (Fsp3) is 0.417. The standard InChI is InChI=1S/C12H13F3O2/c1-8-3-4-10(7-9(8)2)5-6-17-11(16)12(13,14)15/h3-4,7H,5-6H2,1-2H3. The lowest BCUT2D eigenvalue weighted by Crippen LogP contribution is -2.26. The van der Waals surface area contributed by atoms with Gasteiger partial charge in [-0.1, -0.05) is 18.2 Å². The Morgan fingerprint density at radius 1 is 1.24 bits per heavy atom. The van der Waals surface area contributed by atoms with Gasteiger partial charge in [0.2, 0.25) is 0 Å². The maximum absolute atomic E-state index is 11.8. The highest BCUT2D eigenvalue weighted by atomic mass is 19.4. The average molecular weight is 246 g/mol. The van der Waals surface area contributed by atoms with Crippen LogP contribution in [0.3, 0.4) is 0 Å². The number of alkyl halides is 3. The second kappa shape index (κ2) is 5.21. The minimum absolute atomic E-state index is 0.263. The highest BCUT2D eigenvalue weighted by Gasteiger charge is 2.40. The van der Waals surface area contributed by atoms with Gasteiger partial charge in [0.25, 0.3) is 0 Å². The van der Waals surface area contributed by atoms with Gasteiger partial charge in [-0.2, -0.15) is 13.2 Å². The molecule has 0 aliphatic heterocycles. The molecule has 0 unspecified atom stereocenters. The van der Waals surface area contributed by atoms with E-state index in [2.05, 4.69) is 4.74 Å². The Balaban J connectivity index is 2.46. The van der Waals surface area contributed by atoms with Crippen LogP contribution in [0.1, 0.15) is 16.7 Å². The summed E-state index contributed by atoms with van der Waals surface area (Å²) in [5, 5.41) is 0. The van der Waals surface area contributed by atoms with E-state index < -0.39 is 12.1 Å². The second-order valence-electron chi connectivity index (χ2n) is 3.80. The number of esters is 1. The summed E-state index contributed by atoms with van der Waals surface area (Å²) in [6.07, 6.45) is -4.63. The second-order valence-corrected chi connectivity index (χ2v) is 3.80. The Morgan fingerprint density at radius 3 is 2.41 bits per heavy atom. The smallest absolute Gasteiger partial charge is 0.459 e. The van der Waals surface area contributed by atoms with Gasteiger partial charge in [-0.15, -0.1) is 0 Å². The molecular formula is C12H13F3O2. The minimum Gasteiger partial charge on any atom is -0.459 e. The van der Waals surface area contributed by atoms with Crippen molar-refractivity contribution in [3.8, 4) is 0 Å². The molecule has 94 valence electrons. The summed E-state index contributed by atoms with van der Waals surface area (Å²) in [7, 11) is 0. The highest BCUT2D eigenvalue weighted by Crippen LogP contribution is 2.17. The van der Waals surface area contributed by atoms with Crippen molar-refractivity contribution >= 4 is 5.97 Å². The molecule has 0 saturated heterocycles. The summed E-state index contributed by atoms with van der Waals surface area (Å²) in [5.74, 6) is -2.14. The molecule has 0 N–H and O–H groups in total. The third kappa shape index (κ3) is 4.09. The van der Waals surface area contributed by atoms with Gasteiger partial charge in [-0.3, -0.25) is 0 Å². The van der Waals surface area contributed by atoms with Gasteiger partial charge in [0, 0.05) is 6.42 Å². The normalized spacial score (nSPS) is 11.4. The van der Waals surface area contributed by atoms with Crippen molar-refractivity contribution in [2.75, 3.05) is 6.61 Å². The van der Waals surface area contributed by atoms with E-state index in [1.165, 1.54) is 0 Å². The molecule has 17 heavy (non-hydrogen) atoms. The summed E-state index contributed by atoms with van der Waals surface area (Å²) in [6.45, 7) is 3.60. The summed E-state index contributed by atoms with van der Waals surface area (Å²) in [4.78, 5) is 10.4. The van der Waals surface area contributed by atoms with Crippen molar-refractivity contribution in [3.05, 3.63) is 34.9 Å². The van der Waals surface area contributed by atoms with Crippen LogP contribution in [0, 0.1) is 13.8 Å². The third-order valence-corrected chi connectivity index (χ3v) is 2.43. The van der Waals surface area contributed by atoms with Crippen LogP contribution in [-0.2, 0) is 16.0 Å². The minimum atomic E-state index is -4.91. The SMILES string of the molecule is Cc1ccc(CCOC(=O)C(F)(F)F)cc1C. The summed E-state index contributed by atoms with van der Waals surface area (Å²) in [5.41, 5.74) is 3.02. The number of halogens is 3. The average Bonchev–Trinajstić information content (AvgIpc) is 2.22. The molecule has 0 amide bonds. The van der Waals surface area contributed by atoms with Crippen molar-refractivity contribution in [3.63, 3.8) is 0 Å². The van der Waals surface area contributed by atoms with Crippen molar-refractivity contribution < 1.29 is 22.7 Å². The molecule has 1 aromatic carbocycles. The molecule has 0 spiro atoms. The predicted molar refractivity (Wildman–Crippen MR) is 56.6 cm³/mol. The largest absolute Gasteiger partial charge is 0.490 e. The number of carbonyl (C=O) groups excluding carboxylic acids is 1. The molecule has 0 fully saturated rings. The molecule has 1 rings (SSSR count). The molecule has 2 nitrogen and oxygen atoms in total. The van der Waals surface area contributed by atoms with E-state index in [1.807, 2.05) is 32.0 Å². The van der Waals surface area contributed by atoms with Crippen LogP contribution >= 0.6 is 0 Å². The molecule has 0 aromatic heterocycles. The topological polar surface area (TPSA) is 26.3 Å². The van der Waals surface area contributed by atoms with E-state index in [0.717, 1.165) is 16.7 Å². The zero-order valence-electron chi connectivity index (χ0n) is 9.60. The Hall–Kier alpha value is -1.52. The van der Waals surface area contributed by atoms with Crippen molar-refractivity contribution in [1.82, 2.24) is 0 Å². The fourth-order valence-electron chi connectivity index (χ4n) is 1.30. The number of carbonyl (C=O) groups is 1. The van der Waals surface area contributed by atoms with Crippen LogP contribution in [-0.4, -0.2) is 18.8 Å². The molecule has 0 aliphatic carbocycles. The molecule has 0 heterocycles. The lowest BCUT2D eigenvalue weighted by atomic mass is 10.0. The molecule has 0 bridgehead atoms. The first-order chi connectivity index (χ1) is 7.80. The quantitative estimate of drug-likeness (QED) is 0.766. The first-order valence-electron chi connectivity index (χ1n) is 5.11. The summed E-state index contributed by atoms with van der Waals surface area (Å²) >= 11 is 0. The van der Waals surface area contributed by atoms with E-state index in [0.29, 0.717) is 0 Å². The Labute approximate surface area is 97.4 Å². The number of ether oxygens (including phenoxy) is 1. The Morgan fingerprint density at radius 2 is 1.88 bits per heavy atom. The van der Waals surface area contributed by atoms with Gasteiger partial charge < -0.3 is 4.74 Å². The molecule has 1 aromatic rings. The molecule has 5 heteroatoms. The van der Waals surface area contributed by atoms with E-state index in [4.69, 9.17) is 0 Å². The van der Waals surface area contributed by atoms with Crippen LogP contribution < -0.4 is 0 Å². The van der Waals surface area contributed by atoms with Gasteiger partial charge in [0.05, 0.1) is 6.61 Å². The van der Waals surface area contributed by atoms with Gasteiger partial charge in [0.1, 0.15) is 0 Å². The summed E-state index contributed by atoms with van der Waals surface area (Å²) < 4.78 is 39.6. The zero-order chi connectivity index (χ0) is 13.1. The first kappa shape index (κ1) is 13.5. The van der Waals surface area contributed by atoms with Crippen LogP contribution in [0.15, 0.2) is 18.2 Å². The van der Waals surface area contributed by atoms with Gasteiger partial charge in [-0.05, 0) is 30.5 Å². The van der Waals surface area contributed by atoms with E-state index in [9.17, 15) is 18.0 Å². The maximum Gasteiger partial charge on any atom is 0.490 e. The lowest BCUT2D eigenvalue weighted by molar-refractivity contribution is -0.199. The zero-order valence-corrected chi connectivity index (χ0v) is 9.60. The van der Waals surface area contributed by atoms with E-state index in [1.54, 1.807) is 0 Å². The van der Waals surface area contributed by atoms with Crippen LogP contribution in [0.25, 0.3) is 0 Å². The van der Waals surface area contributed by atoms with E-state index >= 15 is 0 Å². The van der Waals surface area contributed by atoms with Gasteiger partial charge >= 0.3 is 12.1 Å². The molecule has 0 atom stereocenters. The number of hydrogen-bond donors (Lipinski definition) is 0. The molecule has 0 aliphatic rings. The lowest BCUT2D eigenvalue weighted by Gasteiger charge is -2.08. The highest BCUT2D eigenvalue weighted by molar-refractivity contribution is 5.75. The van der Waals surface area contributed by atoms with Crippen LogP contribution in [0.5, 0.6) is 0 Å². The van der Waals surface area contributed by atoms with Crippen molar-refractivity contribution in [2.45, 2.75) is 26.4 Å². The number of hydrogen-bond acceptors (Lipinski definition) is 2. The van der Waals surface area contributed by atoms with Gasteiger partial charge in [-0.25, -0.2) is 4.79 Å². The number of benzene rings is 1. The maximum atomic E-state index is 11.8. The molecule has 0 saturated carbocycles. The first-order valence-corrected chi connectivity index (χ1v) is 5.11. The number of aryl methyl sites for hydroxylation is 2. The molecule has 0 radical (unpaired) electrons. The monoisotopic (exact) mass is 246 g/mol.